The fourth-order valence-corrected chi connectivity index (χ4v) is 5.38. The van der Waals surface area contributed by atoms with Gasteiger partial charge >= 0.3 is 0 Å². The second-order valence-corrected chi connectivity index (χ2v) is 10.8. The summed E-state index contributed by atoms with van der Waals surface area (Å²) < 4.78 is 40.3. The van der Waals surface area contributed by atoms with Crippen molar-refractivity contribution in [1.82, 2.24) is 9.80 Å². The number of likely N-dealkylation sites (N-methyl/N-ethyl adjacent to an activating group) is 2. The molecule has 34 heavy (non-hydrogen) atoms. The fraction of sp³-hybridized carbons (Fsp3) is 0.480. The minimum Gasteiger partial charge on any atom is -0.491 e. The predicted octanol–water partition coefficient (Wildman–Crippen LogP) is 3.23. The summed E-state index contributed by atoms with van der Waals surface area (Å²) in [5.74, 6) is 0.341. The Morgan fingerprint density at radius 1 is 1.09 bits per heavy atom. The fourth-order valence-electron chi connectivity index (χ4n) is 4.08. The van der Waals surface area contributed by atoms with Gasteiger partial charge in [-0.15, -0.1) is 0 Å². The molecule has 1 aliphatic heterocycles. The van der Waals surface area contributed by atoms with Crippen LogP contribution in [-0.4, -0.2) is 77.2 Å². The number of benzene rings is 2. The number of fused-ring (bicyclic) bond motifs is 1. The van der Waals surface area contributed by atoms with Crippen LogP contribution in [0.3, 0.4) is 0 Å². The summed E-state index contributed by atoms with van der Waals surface area (Å²) in [7, 11) is 1.64. The van der Waals surface area contributed by atoms with Gasteiger partial charge in [0.25, 0.3) is 15.9 Å². The number of nitrogens with one attached hydrogen (secondary N) is 1. The van der Waals surface area contributed by atoms with Gasteiger partial charge in [-0.25, -0.2) is 8.42 Å². The van der Waals surface area contributed by atoms with Crippen molar-refractivity contribution in [2.24, 2.45) is 5.92 Å². The Labute approximate surface area is 202 Å². The van der Waals surface area contributed by atoms with E-state index in [0.29, 0.717) is 35.7 Å². The van der Waals surface area contributed by atoms with Gasteiger partial charge in [-0.2, -0.15) is 0 Å². The molecule has 0 unspecified atom stereocenters. The van der Waals surface area contributed by atoms with Crippen LogP contribution in [0.4, 0.5) is 5.69 Å². The van der Waals surface area contributed by atoms with Crippen molar-refractivity contribution in [3.8, 4) is 5.75 Å². The molecule has 1 heterocycles. The van der Waals surface area contributed by atoms with Crippen LogP contribution < -0.4 is 9.46 Å². The molecule has 1 N–H and O–H groups in total. The average molecular weight is 490 g/mol. The lowest BCUT2D eigenvalue weighted by Gasteiger charge is -2.34. The molecule has 0 radical (unpaired) electrons. The number of anilines is 1. The molecular formula is C25H35N3O5S. The summed E-state index contributed by atoms with van der Waals surface area (Å²) in [6.07, 6.45) is -0.118. The van der Waals surface area contributed by atoms with Crippen LogP contribution in [0.1, 0.15) is 29.8 Å². The lowest BCUT2D eigenvalue weighted by Crippen LogP contribution is -2.45. The van der Waals surface area contributed by atoms with Gasteiger partial charge in [0.05, 0.1) is 22.3 Å². The minimum atomic E-state index is -3.80. The number of hydrogen-bond acceptors (Lipinski definition) is 6. The van der Waals surface area contributed by atoms with Crippen molar-refractivity contribution < 1.29 is 22.7 Å². The van der Waals surface area contributed by atoms with Crippen molar-refractivity contribution in [3.05, 3.63) is 53.6 Å². The largest absolute Gasteiger partial charge is 0.491 e. The van der Waals surface area contributed by atoms with Crippen LogP contribution in [-0.2, 0) is 14.8 Å². The van der Waals surface area contributed by atoms with E-state index >= 15 is 0 Å². The summed E-state index contributed by atoms with van der Waals surface area (Å²) in [5.41, 5.74) is 1.35. The van der Waals surface area contributed by atoms with Crippen molar-refractivity contribution in [1.29, 1.82) is 0 Å². The summed E-state index contributed by atoms with van der Waals surface area (Å²) in [5, 5.41) is 0. The number of aryl methyl sites for hydroxylation is 1. The first-order chi connectivity index (χ1) is 16.0. The number of nitrogens with zero attached hydrogens (tertiary/aromatic N) is 2. The maximum atomic E-state index is 13.3. The molecule has 1 aliphatic rings. The molecule has 9 heteroatoms. The molecule has 186 valence electrons. The monoisotopic (exact) mass is 489 g/mol. The van der Waals surface area contributed by atoms with Gasteiger partial charge in [0, 0.05) is 39.4 Å². The number of rotatable bonds is 4. The Bertz CT molecular complexity index is 1120. The lowest BCUT2D eigenvalue weighted by atomic mass is 10.0. The van der Waals surface area contributed by atoms with Gasteiger partial charge < -0.3 is 14.4 Å². The number of sulfonamides is 1. The zero-order valence-corrected chi connectivity index (χ0v) is 21.6. The van der Waals surface area contributed by atoms with E-state index in [-0.39, 0.29) is 28.9 Å². The van der Waals surface area contributed by atoms with Crippen LogP contribution in [0, 0.1) is 12.8 Å². The Kier molecular flexibility index (Phi) is 8.22. The highest BCUT2D eigenvalue weighted by molar-refractivity contribution is 7.92. The van der Waals surface area contributed by atoms with Crippen molar-refractivity contribution in [3.63, 3.8) is 0 Å². The van der Waals surface area contributed by atoms with Crippen molar-refractivity contribution in [2.75, 3.05) is 45.6 Å². The maximum absolute atomic E-state index is 13.3. The van der Waals surface area contributed by atoms with E-state index in [2.05, 4.69) is 23.5 Å². The molecule has 0 aliphatic carbocycles. The van der Waals surface area contributed by atoms with E-state index in [4.69, 9.17) is 9.47 Å². The summed E-state index contributed by atoms with van der Waals surface area (Å²) in [4.78, 5) is 17.3. The second kappa shape index (κ2) is 10.8. The van der Waals surface area contributed by atoms with E-state index in [0.717, 1.165) is 6.54 Å². The topological polar surface area (TPSA) is 88.2 Å². The molecule has 3 rings (SSSR count). The highest BCUT2D eigenvalue weighted by Crippen LogP contribution is 2.28. The maximum Gasteiger partial charge on any atom is 0.262 e. The van der Waals surface area contributed by atoms with E-state index in [1.54, 1.807) is 68.4 Å². The summed E-state index contributed by atoms with van der Waals surface area (Å²) in [6, 6.07) is 11.6. The number of carbonyl (C=O) groups is 1. The molecule has 0 aromatic heterocycles. The number of ether oxygens (including phenoxy) is 2. The molecule has 2 aromatic rings. The van der Waals surface area contributed by atoms with Crippen molar-refractivity contribution >= 4 is 21.6 Å². The first-order valence-corrected chi connectivity index (χ1v) is 12.9. The van der Waals surface area contributed by atoms with Crippen LogP contribution >= 0.6 is 0 Å². The standard InChI is InChI=1S/C25H35N3O5S/c1-17-9-7-8-10-24(17)34(30,31)26-20-11-12-21-22(13-20)33-16-19(3)27(4)14-18(2)23(32-6)15-28(5)25(21)29/h7-13,18-19,23,26H,14-16H2,1-6H3/t18-,19-,23-/m0/s1. The third-order valence-corrected chi connectivity index (χ3v) is 7.94. The summed E-state index contributed by atoms with van der Waals surface area (Å²) >= 11 is 0. The van der Waals surface area contributed by atoms with Crippen LogP contribution in [0.15, 0.2) is 47.4 Å². The smallest absolute Gasteiger partial charge is 0.262 e. The quantitative estimate of drug-likeness (QED) is 0.710. The SMILES string of the molecule is CO[C@H]1CN(C)C(=O)c2ccc(NS(=O)(=O)c3ccccc3C)cc2OC[C@H](C)N(C)C[C@@H]1C. The number of methoxy groups -OCH3 is 1. The van der Waals surface area contributed by atoms with Gasteiger partial charge in [-0.1, -0.05) is 25.1 Å². The van der Waals surface area contributed by atoms with Gasteiger partial charge in [0.15, 0.2) is 0 Å². The van der Waals surface area contributed by atoms with Gasteiger partial charge in [0.2, 0.25) is 0 Å². The third kappa shape index (κ3) is 5.89. The number of hydrogen-bond donors (Lipinski definition) is 1. The molecular weight excluding hydrogens is 454 g/mol. The van der Waals surface area contributed by atoms with Gasteiger partial charge in [-0.3, -0.25) is 14.4 Å². The molecule has 0 bridgehead atoms. The van der Waals surface area contributed by atoms with Crippen molar-refractivity contribution in [2.45, 2.75) is 37.8 Å². The van der Waals surface area contributed by atoms with E-state index in [1.807, 2.05) is 7.05 Å². The van der Waals surface area contributed by atoms with Crippen LogP contribution in [0.5, 0.6) is 5.75 Å². The molecule has 0 saturated carbocycles. The average Bonchev–Trinajstić information content (AvgIpc) is 2.79. The van der Waals surface area contributed by atoms with Crippen LogP contribution in [0.2, 0.25) is 0 Å². The third-order valence-electron chi connectivity index (χ3n) is 6.39. The molecule has 8 nitrogen and oxygen atoms in total. The van der Waals surface area contributed by atoms with E-state index in [9.17, 15) is 13.2 Å². The Morgan fingerprint density at radius 3 is 2.47 bits per heavy atom. The second-order valence-electron chi connectivity index (χ2n) is 9.12. The molecule has 2 aromatic carbocycles. The highest BCUT2D eigenvalue weighted by Gasteiger charge is 2.27. The normalized spacial score (nSPS) is 22.8. The summed E-state index contributed by atoms with van der Waals surface area (Å²) in [6.45, 7) is 7.48. The lowest BCUT2D eigenvalue weighted by molar-refractivity contribution is 0.0150. The molecule has 0 saturated heterocycles. The van der Waals surface area contributed by atoms with E-state index < -0.39 is 10.0 Å². The minimum absolute atomic E-state index is 0.0763. The van der Waals surface area contributed by atoms with Gasteiger partial charge in [0.1, 0.15) is 12.4 Å². The molecule has 3 atom stereocenters. The van der Waals surface area contributed by atoms with Gasteiger partial charge in [-0.05, 0) is 50.6 Å². The Hall–Kier alpha value is -2.62. The first-order valence-electron chi connectivity index (χ1n) is 11.4. The zero-order chi connectivity index (χ0) is 25.0. The zero-order valence-electron chi connectivity index (χ0n) is 20.7. The predicted molar refractivity (Wildman–Crippen MR) is 133 cm³/mol. The highest BCUT2D eigenvalue weighted by atomic mass is 32.2. The molecule has 0 fully saturated rings. The molecule has 1 amide bonds. The number of carbonyl (C=O) groups excluding carboxylic acids is 1. The molecule has 0 spiro atoms. The van der Waals surface area contributed by atoms with E-state index in [1.165, 1.54) is 0 Å². The van der Waals surface area contributed by atoms with Crippen LogP contribution in [0.25, 0.3) is 0 Å². The Morgan fingerprint density at radius 2 is 1.79 bits per heavy atom. The Balaban J connectivity index is 1.96. The number of amides is 1. The first kappa shape index (κ1) is 26.0.